The zero-order valence-electron chi connectivity index (χ0n) is 10.3. The van der Waals surface area contributed by atoms with Crippen LogP contribution in [0.25, 0.3) is 0 Å². The van der Waals surface area contributed by atoms with Crippen LogP contribution in [0, 0.1) is 5.82 Å². The number of nitrogens with two attached hydrogens (primary N) is 1. The summed E-state index contributed by atoms with van der Waals surface area (Å²) in [5.74, 6) is -1.55. The highest BCUT2D eigenvalue weighted by Crippen LogP contribution is 2.24. The Morgan fingerprint density at radius 3 is 2.79 bits per heavy atom. The van der Waals surface area contributed by atoms with Gasteiger partial charge in [-0.3, -0.25) is 9.59 Å². The molecule has 0 aliphatic carbocycles. The molecular formula is C12H14BrFN2O3. The first-order chi connectivity index (χ1) is 8.97. The van der Waals surface area contributed by atoms with Crippen molar-refractivity contribution in [3.8, 4) is 0 Å². The normalized spacial score (nSPS) is 11.8. The van der Waals surface area contributed by atoms with Crippen LogP contribution >= 0.6 is 15.9 Å². The van der Waals surface area contributed by atoms with Gasteiger partial charge in [0.2, 0.25) is 5.91 Å². The number of esters is 1. The Morgan fingerprint density at radius 1 is 1.53 bits per heavy atom. The molecule has 0 fully saturated rings. The van der Waals surface area contributed by atoms with Crippen molar-refractivity contribution in [2.45, 2.75) is 12.5 Å². The Labute approximate surface area is 118 Å². The maximum atomic E-state index is 13.8. The van der Waals surface area contributed by atoms with Crippen LogP contribution in [0.15, 0.2) is 22.7 Å². The molecule has 1 atom stereocenters. The van der Waals surface area contributed by atoms with E-state index in [9.17, 15) is 14.0 Å². The van der Waals surface area contributed by atoms with Gasteiger partial charge in [0.1, 0.15) is 5.82 Å². The molecule has 1 amide bonds. The van der Waals surface area contributed by atoms with E-state index in [0.29, 0.717) is 4.47 Å². The minimum Gasteiger partial charge on any atom is -0.469 e. The Kier molecular flexibility index (Phi) is 5.91. The van der Waals surface area contributed by atoms with Crippen LogP contribution in [0.1, 0.15) is 18.0 Å². The number of hydrogen-bond acceptors (Lipinski definition) is 4. The van der Waals surface area contributed by atoms with Crippen molar-refractivity contribution in [2.24, 2.45) is 5.73 Å². The second kappa shape index (κ2) is 7.20. The topological polar surface area (TPSA) is 81.4 Å². The van der Waals surface area contributed by atoms with Crippen molar-refractivity contribution in [3.05, 3.63) is 34.1 Å². The number of amides is 1. The lowest BCUT2D eigenvalue weighted by Crippen LogP contribution is -2.35. The Balaban J connectivity index is 3.03. The summed E-state index contributed by atoms with van der Waals surface area (Å²) >= 11 is 3.21. The second-order valence-electron chi connectivity index (χ2n) is 3.77. The highest BCUT2D eigenvalue weighted by Gasteiger charge is 2.21. The van der Waals surface area contributed by atoms with Crippen LogP contribution in [0.3, 0.4) is 0 Å². The lowest BCUT2D eigenvalue weighted by Gasteiger charge is -2.18. The number of carbonyl (C=O) groups excluding carboxylic acids is 2. The summed E-state index contributed by atoms with van der Waals surface area (Å²) in [6, 6.07) is 3.46. The predicted octanol–water partition coefficient (Wildman–Crippen LogP) is 1.27. The standard InChI is InChI=1S/C12H14BrFN2O3/c1-19-12(18)5-10(16-11(17)6-15)8-4-7(13)2-3-9(8)14/h2-4,10H,5-6,15H2,1H3,(H,16,17)/t10-/m0/s1. The molecule has 0 aliphatic rings. The summed E-state index contributed by atoms with van der Waals surface area (Å²) in [6.45, 7) is -0.243. The van der Waals surface area contributed by atoms with Crippen molar-refractivity contribution in [1.29, 1.82) is 0 Å². The molecule has 0 unspecified atom stereocenters. The van der Waals surface area contributed by atoms with E-state index in [1.165, 1.54) is 25.3 Å². The molecule has 0 aliphatic heterocycles. The van der Waals surface area contributed by atoms with Crippen molar-refractivity contribution in [2.75, 3.05) is 13.7 Å². The molecule has 0 saturated heterocycles. The molecule has 19 heavy (non-hydrogen) atoms. The molecule has 1 aromatic carbocycles. The zero-order valence-corrected chi connectivity index (χ0v) is 11.9. The maximum Gasteiger partial charge on any atom is 0.307 e. The minimum atomic E-state index is -0.819. The Bertz CT molecular complexity index is 464. The molecule has 104 valence electrons. The number of ether oxygens (including phenoxy) is 1. The summed E-state index contributed by atoms with van der Waals surface area (Å²) < 4.78 is 18.9. The lowest BCUT2D eigenvalue weighted by atomic mass is 10.0. The quantitative estimate of drug-likeness (QED) is 0.795. The van der Waals surface area contributed by atoms with Gasteiger partial charge in [0, 0.05) is 10.0 Å². The van der Waals surface area contributed by atoms with Gasteiger partial charge < -0.3 is 15.8 Å². The second-order valence-corrected chi connectivity index (χ2v) is 4.69. The molecular weight excluding hydrogens is 319 g/mol. The fraction of sp³-hybridized carbons (Fsp3) is 0.333. The van der Waals surface area contributed by atoms with Crippen LogP contribution in [-0.4, -0.2) is 25.5 Å². The van der Waals surface area contributed by atoms with Gasteiger partial charge in [-0.2, -0.15) is 0 Å². The van der Waals surface area contributed by atoms with E-state index in [0.717, 1.165) is 0 Å². The first kappa shape index (κ1) is 15.6. The lowest BCUT2D eigenvalue weighted by molar-refractivity contribution is -0.141. The zero-order chi connectivity index (χ0) is 14.4. The molecule has 1 aromatic rings. The fourth-order valence-electron chi connectivity index (χ4n) is 1.52. The third-order valence-corrected chi connectivity index (χ3v) is 2.95. The summed E-state index contributed by atoms with van der Waals surface area (Å²) in [7, 11) is 1.22. The molecule has 0 bridgehead atoms. The van der Waals surface area contributed by atoms with E-state index in [4.69, 9.17) is 5.73 Å². The molecule has 0 saturated carbocycles. The minimum absolute atomic E-state index is 0.171. The molecule has 1 rings (SSSR count). The van der Waals surface area contributed by atoms with Gasteiger partial charge in [0.05, 0.1) is 26.1 Å². The highest BCUT2D eigenvalue weighted by atomic mass is 79.9. The van der Waals surface area contributed by atoms with E-state index in [-0.39, 0.29) is 18.5 Å². The first-order valence-electron chi connectivity index (χ1n) is 5.49. The van der Waals surface area contributed by atoms with E-state index < -0.39 is 23.7 Å². The van der Waals surface area contributed by atoms with Gasteiger partial charge in [-0.15, -0.1) is 0 Å². The predicted molar refractivity (Wildman–Crippen MR) is 70.7 cm³/mol. The van der Waals surface area contributed by atoms with E-state index in [1.54, 1.807) is 0 Å². The molecule has 7 heteroatoms. The number of halogens is 2. The fourth-order valence-corrected chi connectivity index (χ4v) is 1.90. The Hall–Kier alpha value is -1.47. The Morgan fingerprint density at radius 2 is 2.21 bits per heavy atom. The summed E-state index contributed by atoms with van der Waals surface area (Å²) in [5, 5.41) is 2.49. The van der Waals surface area contributed by atoms with Gasteiger partial charge in [0.25, 0.3) is 0 Å². The average Bonchev–Trinajstić information content (AvgIpc) is 2.40. The SMILES string of the molecule is COC(=O)C[C@H](NC(=O)CN)c1cc(Br)ccc1F. The van der Waals surface area contributed by atoms with Crippen LogP contribution < -0.4 is 11.1 Å². The summed E-state index contributed by atoms with van der Waals surface area (Å²) in [5.41, 5.74) is 5.39. The molecule has 0 radical (unpaired) electrons. The van der Waals surface area contributed by atoms with Crippen LogP contribution in [0.2, 0.25) is 0 Å². The molecule has 5 nitrogen and oxygen atoms in total. The number of nitrogens with one attached hydrogen (secondary N) is 1. The number of rotatable bonds is 5. The monoisotopic (exact) mass is 332 g/mol. The van der Waals surface area contributed by atoms with Gasteiger partial charge in [0.15, 0.2) is 0 Å². The van der Waals surface area contributed by atoms with Crippen molar-refractivity contribution in [1.82, 2.24) is 5.32 Å². The summed E-state index contributed by atoms with van der Waals surface area (Å²) in [4.78, 5) is 22.7. The largest absolute Gasteiger partial charge is 0.469 e. The van der Waals surface area contributed by atoms with Gasteiger partial charge in [-0.05, 0) is 18.2 Å². The summed E-state index contributed by atoms with van der Waals surface area (Å²) in [6.07, 6.45) is -0.171. The molecule has 0 aromatic heterocycles. The number of hydrogen-bond donors (Lipinski definition) is 2. The molecule has 0 heterocycles. The van der Waals surface area contributed by atoms with Crippen molar-refractivity contribution < 1.29 is 18.7 Å². The van der Waals surface area contributed by atoms with Crippen LogP contribution in [0.4, 0.5) is 4.39 Å². The smallest absolute Gasteiger partial charge is 0.307 e. The maximum absolute atomic E-state index is 13.8. The third-order valence-electron chi connectivity index (χ3n) is 2.45. The highest BCUT2D eigenvalue weighted by molar-refractivity contribution is 9.10. The van der Waals surface area contributed by atoms with Crippen molar-refractivity contribution >= 4 is 27.8 Å². The first-order valence-corrected chi connectivity index (χ1v) is 6.28. The van der Waals surface area contributed by atoms with Gasteiger partial charge in [-0.25, -0.2) is 4.39 Å². The number of carbonyl (C=O) groups is 2. The van der Waals surface area contributed by atoms with Crippen LogP contribution in [-0.2, 0) is 14.3 Å². The van der Waals surface area contributed by atoms with Gasteiger partial charge >= 0.3 is 5.97 Å². The number of benzene rings is 1. The van der Waals surface area contributed by atoms with Crippen LogP contribution in [0.5, 0.6) is 0 Å². The third kappa shape index (κ3) is 4.60. The van der Waals surface area contributed by atoms with Gasteiger partial charge in [-0.1, -0.05) is 15.9 Å². The van der Waals surface area contributed by atoms with E-state index >= 15 is 0 Å². The van der Waals surface area contributed by atoms with E-state index in [1.807, 2.05) is 0 Å². The molecule has 3 N–H and O–H groups in total. The van der Waals surface area contributed by atoms with Crippen molar-refractivity contribution in [3.63, 3.8) is 0 Å². The molecule has 0 spiro atoms. The van der Waals surface area contributed by atoms with E-state index in [2.05, 4.69) is 26.0 Å². The average molecular weight is 333 g/mol. The number of methoxy groups -OCH3 is 1.